The van der Waals surface area contributed by atoms with E-state index in [2.05, 4.69) is 9.80 Å². The van der Waals surface area contributed by atoms with E-state index in [0.717, 1.165) is 31.8 Å². The number of hydrogen-bond donors (Lipinski definition) is 1. The van der Waals surface area contributed by atoms with Gasteiger partial charge in [0.15, 0.2) is 0 Å². The van der Waals surface area contributed by atoms with Gasteiger partial charge in [-0.05, 0) is 64.1 Å². The number of piperidine rings is 1. The highest BCUT2D eigenvalue weighted by molar-refractivity contribution is 5.76. The molecule has 0 radical (unpaired) electrons. The van der Waals surface area contributed by atoms with Gasteiger partial charge in [0.1, 0.15) is 0 Å². The van der Waals surface area contributed by atoms with Gasteiger partial charge in [-0.15, -0.1) is 0 Å². The number of nitrogens with two attached hydrogens (primary N) is 1. The van der Waals surface area contributed by atoms with Gasteiger partial charge >= 0.3 is 0 Å². The first-order valence-electron chi connectivity index (χ1n) is 8.00. The van der Waals surface area contributed by atoms with Crippen LogP contribution in [0.3, 0.4) is 0 Å². The Balaban J connectivity index is 1.62. The molecule has 2 heterocycles. The van der Waals surface area contributed by atoms with Gasteiger partial charge in [0, 0.05) is 26.1 Å². The first kappa shape index (κ1) is 14.8. The summed E-state index contributed by atoms with van der Waals surface area (Å²) in [5.41, 5.74) is 5.46. The maximum Gasteiger partial charge on any atom is 0.222 e. The van der Waals surface area contributed by atoms with Gasteiger partial charge in [-0.25, -0.2) is 0 Å². The minimum absolute atomic E-state index is 0.341. The summed E-state index contributed by atoms with van der Waals surface area (Å²) in [7, 11) is 0. The van der Waals surface area contributed by atoms with E-state index in [0.29, 0.717) is 18.9 Å². The fourth-order valence-corrected chi connectivity index (χ4v) is 3.27. The van der Waals surface area contributed by atoms with Gasteiger partial charge in [-0.1, -0.05) is 0 Å². The average Bonchev–Trinajstić information content (AvgIpc) is 2.93. The molecule has 0 aromatic rings. The van der Waals surface area contributed by atoms with E-state index in [1.807, 2.05) is 0 Å². The van der Waals surface area contributed by atoms with Gasteiger partial charge in [0.05, 0.1) is 0 Å². The zero-order valence-corrected chi connectivity index (χ0v) is 12.1. The molecule has 0 saturated carbocycles. The molecule has 2 rings (SSSR count). The molecule has 110 valence electrons. The molecule has 0 bridgehead atoms. The highest BCUT2D eigenvalue weighted by atomic mass is 16.2. The summed E-state index contributed by atoms with van der Waals surface area (Å²) >= 11 is 0. The summed E-state index contributed by atoms with van der Waals surface area (Å²) in [5.74, 6) is 1.15. The second-order valence-corrected chi connectivity index (χ2v) is 6.08. The van der Waals surface area contributed by atoms with Crippen LogP contribution in [0, 0.1) is 5.92 Å². The van der Waals surface area contributed by atoms with Crippen LogP contribution >= 0.6 is 0 Å². The summed E-state index contributed by atoms with van der Waals surface area (Å²) in [5, 5.41) is 0. The lowest BCUT2D eigenvalue weighted by atomic mass is 9.96. The summed E-state index contributed by atoms with van der Waals surface area (Å²) in [4.78, 5) is 16.7. The number of amides is 1. The molecule has 0 aliphatic carbocycles. The molecule has 2 N–H and O–H groups in total. The fraction of sp³-hybridized carbons (Fsp3) is 0.933. The van der Waals surface area contributed by atoms with E-state index in [1.165, 1.54) is 45.3 Å². The van der Waals surface area contributed by atoms with Crippen LogP contribution in [0.2, 0.25) is 0 Å². The van der Waals surface area contributed by atoms with E-state index in [9.17, 15) is 4.79 Å². The van der Waals surface area contributed by atoms with Crippen molar-refractivity contribution < 1.29 is 4.79 Å². The predicted octanol–water partition coefficient (Wildman–Crippen LogP) is 1.45. The van der Waals surface area contributed by atoms with Crippen LogP contribution in [0.15, 0.2) is 0 Å². The summed E-state index contributed by atoms with van der Waals surface area (Å²) in [6, 6.07) is 0. The number of nitrogens with zero attached hydrogens (tertiary/aromatic N) is 2. The Bertz CT molecular complexity index is 269. The van der Waals surface area contributed by atoms with Crippen LogP contribution < -0.4 is 5.73 Å². The average molecular weight is 267 g/mol. The predicted molar refractivity (Wildman–Crippen MR) is 77.9 cm³/mol. The molecule has 2 aliphatic heterocycles. The van der Waals surface area contributed by atoms with Crippen LogP contribution in [0.4, 0.5) is 0 Å². The first-order valence-corrected chi connectivity index (χ1v) is 8.00. The van der Waals surface area contributed by atoms with Crippen molar-refractivity contribution in [3.8, 4) is 0 Å². The summed E-state index contributed by atoms with van der Waals surface area (Å²) < 4.78 is 0. The lowest BCUT2D eigenvalue weighted by Gasteiger charge is -2.34. The third-order valence-electron chi connectivity index (χ3n) is 4.53. The highest BCUT2D eigenvalue weighted by Crippen LogP contribution is 2.21. The molecule has 0 unspecified atom stereocenters. The summed E-state index contributed by atoms with van der Waals surface area (Å²) in [6.07, 6.45) is 7.74. The normalized spacial score (nSPS) is 22.1. The van der Waals surface area contributed by atoms with Crippen molar-refractivity contribution >= 4 is 5.91 Å². The third kappa shape index (κ3) is 4.77. The van der Waals surface area contributed by atoms with Crippen molar-refractivity contribution in [2.24, 2.45) is 11.7 Å². The first-order chi connectivity index (χ1) is 9.29. The molecule has 0 atom stereocenters. The van der Waals surface area contributed by atoms with Crippen LogP contribution in [0.1, 0.15) is 44.9 Å². The van der Waals surface area contributed by atoms with E-state index in [4.69, 9.17) is 5.73 Å². The van der Waals surface area contributed by atoms with Crippen LogP contribution in [-0.4, -0.2) is 55.0 Å². The smallest absolute Gasteiger partial charge is 0.222 e. The monoisotopic (exact) mass is 267 g/mol. The second kappa shape index (κ2) is 7.85. The van der Waals surface area contributed by atoms with Crippen molar-refractivity contribution in [1.82, 2.24) is 9.80 Å². The highest BCUT2D eigenvalue weighted by Gasteiger charge is 2.24. The number of carbonyl (C=O) groups is 1. The molecule has 19 heavy (non-hydrogen) atoms. The van der Waals surface area contributed by atoms with E-state index in [1.54, 1.807) is 0 Å². The zero-order valence-electron chi connectivity index (χ0n) is 12.1. The van der Waals surface area contributed by atoms with Crippen LogP contribution in [0.5, 0.6) is 0 Å². The van der Waals surface area contributed by atoms with Crippen molar-refractivity contribution in [3.63, 3.8) is 0 Å². The Morgan fingerprint density at radius 1 is 1.05 bits per heavy atom. The van der Waals surface area contributed by atoms with Crippen molar-refractivity contribution in [2.75, 3.05) is 39.3 Å². The maximum absolute atomic E-state index is 12.0. The second-order valence-electron chi connectivity index (χ2n) is 6.08. The fourth-order valence-electron chi connectivity index (χ4n) is 3.27. The SMILES string of the molecule is NCCCCC(=O)N1CCC(CN2CCCC2)CC1. The quantitative estimate of drug-likeness (QED) is 0.741. The van der Waals surface area contributed by atoms with Gasteiger partial charge in [-0.2, -0.15) is 0 Å². The number of unbranched alkanes of at least 4 members (excludes halogenated alkanes) is 1. The number of carbonyl (C=O) groups excluding carboxylic acids is 1. The molecule has 2 saturated heterocycles. The van der Waals surface area contributed by atoms with Crippen molar-refractivity contribution in [3.05, 3.63) is 0 Å². The largest absolute Gasteiger partial charge is 0.343 e. The Labute approximate surface area is 117 Å². The molecule has 4 heteroatoms. The molecule has 0 spiro atoms. The van der Waals surface area contributed by atoms with Gasteiger partial charge in [-0.3, -0.25) is 4.79 Å². The number of hydrogen-bond acceptors (Lipinski definition) is 3. The molecule has 0 aromatic carbocycles. The molecule has 4 nitrogen and oxygen atoms in total. The Morgan fingerprint density at radius 3 is 2.37 bits per heavy atom. The topological polar surface area (TPSA) is 49.6 Å². The van der Waals surface area contributed by atoms with E-state index >= 15 is 0 Å². The Hall–Kier alpha value is -0.610. The molecule has 0 aromatic heterocycles. The molecule has 1 amide bonds. The van der Waals surface area contributed by atoms with Gasteiger partial charge < -0.3 is 15.5 Å². The van der Waals surface area contributed by atoms with Gasteiger partial charge in [0.2, 0.25) is 5.91 Å². The van der Waals surface area contributed by atoms with E-state index < -0.39 is 0 Å². The molecule has 2 aliphatic rings. The lowest BCUT2D eigenvalue weighted by molar-refractivity contribution is -0.132. The van der Waals surface area contributed by atoms with Crippen LogP contribution in [0.25, 0.3) is 0 Å². The Kier molecular flexibility index (Phi) is 6.11. The van der Waals surface area contributed by atoms with Gasteiger partial charge in [0.25, 0.3) is 0 Å². The molecular formula is C15H29N3O. The Morgan fingerprint density at radius 2 is 1.74 bits per heavy atom. The third-order valence-corrected chi connectivity index (χ3v) is 4.53. The minimum Gasteiger partial charge on any atom is -0.343 e. The zero-order chi connectivity index (χ0) is 13.5. The van der Waals surface area contributed by atoms with Crippen LogP contribution in [-0.2, 0) is 4.79 Å². The standard InChI is InChI=1S/C15H29N3O/c16-8-2-1-5-15(19)18-11-6-14(7-12-18)13-17-9-3-4-10-17/h14H,1-13,16H2. The van der Waals surface area contributed by atoms with Crippen molar-refractivity contribution in [1.29, 1.82) is 0 Å². The van der Waals surface area contributed by atoms with Crippen molar-refractivity contribution in [2.45, 2.75) is 44.9 Å². The molecular weight excluding hydrogens is 238 g/mol. The minimum atomic E-state index is 0.341. The number of likely N-dealkylation sites (tertiary alicyclic amines) is 2. The maximum atomic E-state index is 12.0. The van der Waals surface area contributed by atoms with E-state index in [-0.39, 0.29) is 0 Å². The molecule has 2 fully saturated rings. The number of rotatable bonds is 6. The lowest BCUT2D eigenvalue weighted by Crippen LogP contribution is -2.41. The summed E-state index contributed by atoms with van der Waals surface area (Å²) in [6.45, 7) is 6.48.